The van der Waals surface area contributed by atoms with Gasteiger partial charge in [-0.15, -0.1) is 0 Å². The quantitative estimate of drug-likeness (QED) is 0.162. The van der Waals surface area contributed by atoms with Crippen molar-refractivity contribution in [1.29, 1.82) is 0 Å². The predicted octanol–water partition coefficient (Wildman–Crippen LogP) is 5.87. The number of anilines is 1. The Morgan fingerprint density at radius 2 is 1.58 bits per heavy atom. The molecule has 0 heterocycles. The van der Waals surface area contributed by atoms with Crippen LogP contribution in [-0.2, 0) is 21.2 Å². The van der Waals surface area contributed by atoms with Crippen LogP contribution in [0.5, 0.6) is 11.5 Å². The van der Waals surface area contributed by atoms with Gasteiger partial charge in [0.05, 0.1) is 28.2 Å². The van der Waals surface area contributed by atoms with E-state index in [-0.39, 0.29) is 27.6 Å². The van der Waals surface area contributed by atoms with Crippen LogP contribution in [0.2, 0.25) is 0 Å². The maximum atomic E-state index is 12.9. The maximum Gasteiger partial charge on any atom is 0.340 e. The number of methoxy groups -OCH3 is 1. The summed E-state index contributed by atoms with van der Waals surface area (Å²) in [7, 11) is -2.80. The lowest BCUT2D eigenvalue weighted by molar-refractivity contribution is -0.385. The number of hydrogen-bond acceptors (Lipinski definition) is 7. The monoisotopic (exact) mass is 532 g/mol. The first-order valence-corrected chi connectivity index (χ1v) is 13.0. The molecule has 194 valence electrons. The van der Waals surface area contributed by atoms with E-state index in [4.69, 9.17) is 9.47 Å². The minimum Gasteiger partial charge on any atom is -0.465 e. The van der Waals surface area contributed by atoms with E-state index >= 15 is 0 Å². The van der Waals surface area contributed by atoms with Crippen molar-refractivity contribution in [3.63, 3.8) is 0 Å². The molecule has 0 fully saturated rings. The number of aryl methyl sites for hydroxylation is 1. The molecule has 1 N–H and O–H groups in total. The van der Waals surface area contributed by atoms with Gasteiger partial charge in [-0.05, 0) is 55.0 Å². The average Bonchev–Trinajstić information content (AvgIpc) is 2.90. The van der Waals surface area contributed by atoms with Crippen LogP contribution < -0.4 is 9.46 Å². The van der Waals surface area contributed by atoms with Crippen LogP contribution in [0.15, 0.2) is 95.9 Å². The number of rotatable bonds is 9. The molecule has 0 aliphatic rings. The number of sulfonamides is 1. The first-order chi connectivity index (χ1) is 18.2. The van der Waals surface area contributed by atoms with Crippen LogP contribution in [0.4, 0.5) is 11.4 Å². The Morgan fingerprint density at radius 1 is 0.921 bits per heavy atom. The van der Waals surface area contributed by atoms with Gasteiger partial charge >= 0.3 is 5.97 Å². The molecule has 0 unspecified atom stereocenters. The van der Waals surface area contributed by atoms with Gasteiger partial charge < -0.3 is 9.47 Å². The van der Waals surface area contributed by atoms with Crippen molar-refractivity contribution in [2.45, 2.75) is 18.2 Å². The summed E-state index contributed by atoms with van der Waals surface area (Å²) < 4.78 is 38.9. The van der Waals surface area contributed by atoms with Gasteiger partial charge in [0, 0.05) is 18.1 Å². The lowest BCUT2D eigenvalue weighted by atomic mass is 10.0. The maximum absolute atomic E-state index is 12.9. The highest BCUT2D eigenvalue weighted by atomic mass is 32.2. The first kappa shape index (κ1) is 26.4. The Balaban J connectivity index is 1.64. The summed E-state index contributed by atoms with van der Waals surface area (Å²) in [4.78, 5) is 23.6. The number of carbonyl (C=O) groups excluding carboxylic acids is 1. The number of hydrogen-bond donors (Lipinski definition) is 1. The number of nitrogens with zero attached hydrogens (tertiary/aromatic N) is 1. The molecule has 38 heavy (non-hydrogen) atoms. The summed E-state index contributed by atoms with van der Waals surface area (Å²) >= 11 is 0. The van der Waals surface area contributed by atoms with E-state index in [0.717, 1.165) is 11.1 Å². The van der Waals surface area contributed by atoms with Gasteiger partial charge in [-0.3, -0.25) is 14.8 Å². The topological polar surface area (TPSA) is 125 Å². The Hall–Kier alpha value is -4.70. The van der Waals surface area contributed by atoms with Gasteiger partial charge in [0.15, 0.2) is 0 Å². The molecule has 0 aromatic heterocycles. The summed E-state index contributed by atoms with van der Waals surface area (Å²) in [6.45, 7) is 1.84. The van der Waals surface area contributed by atoms with Crippen molar-refractivity contribution in [3.8, 4) is 11.5 Å². The zero-order valence-corrected chi connectivity index (χ0v) is 21.4. The van der Waals surface area contributed by atoms with Crippen molar-refractivity contribution in [2.75, 3.05) is 11.8 Å². The van der Waals surface area contributed by atoms with E-state index in [0.29, 0.717) is 17.7 Å². The molecule has 0 aliphatic heterocycles. The standard InChI is InChI=1S/C28H24N2O7S/c1-19-8-12-24(13-9-19)38(34,35)29-26-14-10-23(18-25(26)28(31)36-2)37-22-11-15-27(30(32)33)21(17-22)16-20-6-4-3-5-7-20/h3-15,17-18,29H,16H2,1-2H3. The Morgan fingerprint density at radius 3 is 2.24 bits per heavy atom. The van der Waals surface area contributed by atoms with Crippen molar-refractivity contribution in [2.24, 2.45) is 0 Å². The van der Waals surface area contributed by atoms with Crippen molar-refractivity contribution in [1.82, 2.24) is 0 Å². The highest BCUT2D eigenvalue weighted by molar-refractivity contribution is 7.92. The highest BCUT2D eigenvalue weighted by Gasteiger charge is 2.21. The Labute approximate surface area is 219 Å². The van der Waals surface area contributed by atoms with Crippen LogP contribution in [-0.4, -0.2) is 26.4 Å². The van der Waals surface area contributed by atoms with Crippen molar-refractivity contribution in [3.05, 3.63) is 123 Å². The molecular formula is C28H24N2O7S. The molecule has 0 aliphatic carbocycles. The molecule has 0 saturated carbocycles. The van der Waals surface area contributed by atoms with E-state index in [1.165, 1.54) is 49.6 Å². The molecule has 4 aromatic rings. The zero-order valence-electron chi connectivity index (χ0n) is 20.6. The third-order valence-electron chi connectivity index (χ3n) is 5.69. The molecule has 0 bridgehead atoms. The number of nitro benzene ring substituents is 1. The van der Waals surface area contributed by atoms with Gasteiger partial charge in [-0.1, -0.05) is 48.0 Å². The first-order valence-electron chi connectivity index (χ1n) is 11.5. The van der Waals surface area contributed by atoms with Crippen molar-refractivity contribution < 1.29 is 27.6 Å². The third-order valence-corrected chi connectivity index (χ3v) is 7.07. The molecule has 9 nitrogen and oxygen atoms in total. The molecule has 10 heteroatoms. The normalized spacial score (nSPS) is 11.0. The van der Waals surface area contributed by atoms with E-state index in [1.807, 2.05) is 37.3 Å². The fourth-order valence-corrected chi connectivity index (χ4v) is 4.85. The molecule has 0 amide bonds. The summed E-state index contributed by atoms with van der Waals surface area (Å²) in [5.74, 6) is -0.251. The summed E-state index contributed by atoms with van der Waals surface area (Å²) in [5.41, 5.74) is 2.15. The van der Waals surface area contributed by atoms with Gasteiger partial charge in [0.2, 0.25) is 0 Å². The zero-order chi connectivity index (χ0) is 27.3. The highest BCUT2D eigenvalue weighted by Crippen LogP contribution is 2.32. The second-order valence-electron chi connectivity index (χ2n) is 8.43. The molecular weight excluding hydrogens is 508 g/mol. The van der Waals surface area contributed by atoms with Gasteiger partial charge in [-0.2, -0.15) is 0 Å². The Kier molecular flexibility index (Phi) is 7.73. The molecule has 0 atom stereocenters. The second kappa shape index (κ2) is 11.1. The minimum absolute atomic E-state index is 0.0123. The summed E-state index contributed by atoms with van der Waals surface area (Å²) in [5, 5.41) is 11.6. The van der Waals surface area contributed by atoms with E-state index in [1.54, 1.807) is 18.2 Å². The summed E-state index contributed by atoms with van der Waals surface area (Å²) in [6, 6.07) is 24.2. The second-order valence-corrected chi connectivity index (χ2v) is 10.1. The molecule has 4 aromatic carbocycles. The largest absolute Gasteiger partial charge is 0.465 e. The average molecular weight is 533 g/mol. The SMILES string of the molecule is COC(=O)c1cc(Oc2ccc([N+](=O)[O-])c(Cc3ccccc3)c2)ccc1NS(=O)(=O)c1ccc(C)cc1. The van der Waals surface area contributed by atoms with E-state index < -0.39 is 20.9 Å². The van der Waals surface area contributed by atoms with Crippen LogP contribution >= 0.6 is 0 Å². The third kappa shape index (κ3) is 6.16. The van der Waals surface area contributed by atoms with E-state index in [2.05, 4.69) is 4.72 Å². The lowest BCUT2D eigenvalue weighted by Gasteiger charge is -2.14. The smallest absolute Gasteiger partial charge is 0.340 e. The lowest BCUT2D eigenvalue weighted by Crippen LogP contribution is -2.16. The number of ether oxygens (including phenoxy) is 2. The number of benzene rings is 4. The van der Waals surface area contributed by atoms with E-state index in [9.17, 15) is 23.3 Å². The van der Waals surface area contributed by atoms with Gasteiger partial charge in [-0.25, -0.2) is 13.2 Å². The Bertz CT molecular complexity index is 1590. The van der Waals surface area contributed by atoms with Gasteiger partial charge in [0.25, 0.3) is 15.7 Å². The molecule has 0 spiro atoms. The molecule has 0 radical (unpaired) electrons. The van der Waals surface area contributed by atoms with Crippen LogP contribution in [0.1, 0.15) is 27.0 Å². The predicted molar refractivity (Wildman–Crippen MR) is 142 cm³/mol. The van der Waals surface area contributed by atoms with Crippen LogP contribution in [0.25, 0.3) is 0 Å². The van der Waals surface area contributed by atoms with Crippen LogP contribution in [0.3, 0.4) is 0 Å². The fraction of sp³-hybridized carbons (Fsp3) is 0.107. The number of nitro groups is 1. The van der Waals surface area contributed by atoms with Crippen LogP contribution in [0, 0.1) is 17.0 Å². The number of nitrogens with one attached hydrogen (secondary N) is 1. The van der Waals surface area contributed by atoms with Crippen molar-refractivity contribution >= 4 is 27.4 Å². The fourth-order valence-electron chi connectivity index (χ4n) is 3.77. The molecule has 0 saturated heterocycles. The summed E-state index contributed by atoms with van der Waals surface area (Å²) in [6.07, 6.45) is 0.321. The van der Waals surface area contributed by atoms with Gasteiger partial charge in [0.1, 0.15) is 11.5 Å². The number of carbonyl (C=O) groups is 1. The minimum atomic E-state index is -3.98. The number of esters is 1. The molecule has 4 rings (SSSR count).